The third kappa shape index (κ3) is 3.56. The van der Waals surface area contributed by atoms with Gasteiger partial charge in [-0.2, -0.15) is 17.5 Å². The van der Waals surface area contributed by atoms with Gasteiger partial charge in [-0.1, -0.05) is 24.7 Å². The maximum atomic E-state index is 2.52. The molecular formula is C20H21Cl2SSiZr. The van der Waals surface area contributed by atoms with Crippen LogP contribution in [0.15, 0.2) is 54.1 Å². The van der Waals surface area contributed by atoms with Gasteiger partial charge in [0.25, 0.3) is 0 Å². The maximum absolute atomic E-state index is 2.52. The third-order valence-corrected chi connectivity index (χ3v) is 10.5. The Kier molecular flexibility index (Phi) is 7.65. The summed E-state index contributed by atoms with van der Waals surface area (Å²) in [5.41, 5.74) is 4.24. The van der Waals surface area contributed by atoms with Crippen molar-refractivity contribution in [3.05, 3.63) is 69.4 Å². The normalized spacial score (nSPS) is 18.0. The molecule has 3 aromatic rings. The minimum Gasteiger partial charge on any atom is -1.00 e. The second kappa shape index (κ2) is 8.31. The predicted molar refractivity (Wildman–Crippen MR) is 101 cm³/mol. The van der Waals surface area contributed by atoms with Gasteiger partial charge in [0.15, 0.2) is 0 Å². The molecule has 3 aliphatic rings. The Labute approximate surface area is 187 Å². The number of rotatable bonds is 0. The number of aryl methyl sites for hydroxylation is 1. The fourth-order valence-corrected chi connectivity index (χ4v) is 10.7. The summed E-state index contributed by atoms with van der Waals surface area (Å²) in [5, 5.41) is 4.44. The van der Waals surface area contributed by atoms with E-state index in [0.717, 1.165) is 5.54 Å². The van der Waals surface area contributed by atoms with E-state index >= 15 is 0 Å². The largest absolute Gasteiger partial charge is 3.00 e. The van der Waals surface area contributed by atoms with E-state index in [1.54, 1.807) is 21.2 Å². The van der Waals surface area contributed by atoms with E-state index in [-0.39, 0.29) is 51.0 Å². The molecule has 129 valence electrons. The summed E-state index contributed by atoms with van der Waals surface area (Å²) in [6.45, 7) is 9.59. The summed E-state index contributed by atoms with van der Waals surface area (Å²) < 4.78 is 0. The Morgan fingerprint density at radius 3 is 2.32 bits per heavy atom. The molecule has 0 spiro atoms. The molecule has 0 fully saturated rings. The number of thiophene rings is 1. The molecule has 2 aliphatic heterocycles. The molecule has 0 amide bonds. The molecule has 2 aromatic carbocycles. The first kappa shape index (κ1) is 23.0. The molecule has 0 saturated carbocycles. The number of benzene rings is 1. The Morgan fingerprint density at radius 1 is 1.04 bits per heavy atom. The minimum absolute atomic E-state index is 0. The quantitative estimate of drug-likeness (QED) is 0.319. The van der Waals surface area contributed by atoms with Gasteiger partial charge < -0.3 is 24.8 Å². The van der Waals surface area contributed by atoms with E-state index in [4.69, 9.17) is 0 Å². The SMILES string of the molecule is CC1=C2c3sc(C)cc3C1[Si]2(C)C.[Cl-].[Cl-].[Zr+3].c1ccc2[cH-]ccc2c1. The fourth-order valence-electron chi connectivity index (χ4n) is 4.37. The van der Waals surface area contributed by atoms with E-state index < -0.39 is 8.07 Å². The number of fused-ring (bicyclic) bond motifs is 1. The number of allylic oxidation sites excluding steroid dienone is 1. The Bertz CT molecular complexity index is 877. The Balaban J connectivity index is 0.000000234. The van der Waals surface area contributed by atoms with Crippen molar-refractivity contribution in [3.63, 3.8) is 0 Å². The molecule has 6 rings (SSSR count). The van der Waals surface area contributed by atoms with Crippen LogP contribution in [-0.2, 0) is 26.2 Å². The zero-order valence-corrected chi connectivity index (χ0v) is 20.6. The van der Waals surface area contributed by atoms with Gasteiger partial charge in [-0.05, 0) is 30.7 Å². The molecule has 5 heteroatoms. The van der Waals surface area contributed by atoms with Crippen LogP contribution in [0.4, 0.5) is 0 Å². The molecule has 0 N–H and O–H groups in total. The molecule has 3 heterocycles. The average molecular weight is 484 g/mol. The van der Waals surface area contributed by atoms with E-state index in [2.05, 4.69) is 75.5 Å². The summed E-state index contributed by atoms with van der Waals surface area (Å²) in [5.74, 6) is 0. The standard InChI is InChI=1S/C11H14SSi.C9H7.2ClH.Zr/c1-6-5-8-9(12-6)11-7(2)10(8)13(11,3)4;1-2-5-9-7-3-6-8(9)4-1;;;/h5,10H,1-4H3;1-7H;2*1H;/q;-1;;;+3/p-2. The molecular weight excluding hydrogens is 463 g/mol. The van der Waals surface area contributed by atoms with Crippen LogP contribution < -0.4 is 24.8 Å². The summed E-state index contributed by atoms with van der Waals surface area (Å²) in [6.07, 6.45) is 0. The summed E-state index contributed by atoms with van der Waals surface area (Å²) in [7, 11) is -0.995. The Morgan fingerprint density at radius 2 is 1.72 bits per heavy atom. The van der Waals surface area contributed by atoms with E-state index in [9.17, 15) is 0 Å². The smallest absolute Gasteiger partial charge is 1.00 e. The van der Waals surface area contributed by atoms with Crippen LogP contribution in [-0.4, -0.2) is 8.07 Å². The van der Waals surface area contributed by atoms with E-state index in [1.807, 2.05) is 11.3 Å². The molecule has 0 nitrogen and oxygen atoms in total. The van der Waals surface area contributed by atoms with E-state index in [0.29, 0.717) is 0 Å². The Hall–Kier alpha value is -0.0500. The van der Waals surface area contributed by atoms with Crippen molar-refractivity contribution in [2.45, 2.75) is 32.5 Å². The first-order valence-corrected chi connectivity index (χ1v) is 11.8. The van der Waals surface area contributed by atoms with Crippen LogP contribution in [0.5, 0.6) is 0 Å². The van der Waals surface area contributed by atoms with Gasteiger partial charge in [0, 0.05) is 15.3 Å². The van der Waals surface area contributed by atoms with Gasteiger partial charge in [-0.15, -0.1) is 41.0 Å². The number of halogens is 2. The van der Waals surface area contributed by atoms with Gasteiger partial charge in [0.1, 0.15) is 0 Å². The first-order chi connectivity index (χ1) is 10.5. The van der Waals surface area contributed by atoms with Crippen LogP contribution in [0.3, 0.4) is 0 Å². The number of hydrogen-bond acceptors (Lipinski definition) is 1. The van der Waals surface area contributed by atoms with Crippen LogP contribution in [0.1, 0.15) is 27.8 Å². The molecule has 1 radical (unpaired) electrons. The van der Waals surface area contributed by atoms with Crippen molar-refractivity contribution in [2.75, 3.05) is 0 Å². The zero-order chi connectivity index (χ0) is 15.5. The number of hydrogen-bond donors (Lipinski definition) is 0. The van der Waals surface area contributed by atoms with Crippen molar-refractivity contribution in [1.29, 1.82) is 0 Å². The van der Waals surface area contributed by atoms with Crippen molar-refractivity contribution in [3.8, 4) is 0 Å². The third-order valence-electron chi connectivity index (χ3n) is 5.16. The monoisotopic (exact) mass is 481 g/mol. The summed E-state index contributed by atoms with van der Waals surface area (Å²) >= 11 is 2.01. The molecule has 25 heavy (non-hydrogen) atoms. The maximum Gasteiger partial charge on any atom is 3.00 e. The van der Waals surface area contributed by atoms with Gasteiger partial charge in [-0.3, -0.25) is 0 Å². The predicted octanol–water partition coefficient (Wildman–Crippen LogP) is 0.292. The zero-order valence-electron chi connectivity index (χ0n) is 14.9. The average Bonchev–Trinajstić information content (AvgIpc) is 3.15. The second-order valence-corrected chi connectivity index (χ2v) is 12.8. The van der Waals surface area contributed by atoms with E-state index in [1.165, 1.54) is 15.6 Å². The van der Waals surface area contributed by atoms with Gasteiger partial charge >= 0.3 is 26.2 Å². The van der Waals surface area contributed by atoms with Gasteiger partial charge in [0.2, 0.25) is 0 Å². The summed E-state index contributed by atoms with van der Waals surface area (Å²) in [6, 6.07) is 17.1. The van der Waals surface area contributed by atoms with Crippen molar-refractivity contribution in [2.24, 2.45) is 0 Å². The van der Waals surface area contributed by atoms with Crippen LogP contribution in [0.2, 0.25) is 13.1 Å². The second-order valence-electron chi connectivity index (χ2n) is 7.01. The van der Waals surface area contributed by atoms with Crippen molar-refractivity contribution < 1.29 is 51.0 Å². The van der Waals surface area contributed by atoms with Crippen LogP contribution in [0.25, 0.3) is 16.0 Å². The molecule has 0 saturated heterocycles. The van der Waals surface area contributed by atoms with Crippen molar-refractivity contribution in [1.82, 2.24) is 0 Å². The molecule has 1 aliphatic carbocycles. The summed E-state index contributed by atoms with van der Waals surface area (Å²) in [4.78, 5) is 3.14. The molecule has 1 atom stereocenters. The molecule has 2 bridgehead atoms. The van der Waals surface area contributed by atoms with Crippen LogP contribution in [0, 0.1) is 6.92 Å². The molecule has 1 aromatic heterocycles. The fraction of sp³-hybridized carbons (Fsp3) is 0.250. The topological polar surface area (TPSA) is 0 Å². The van der Waals surface area contributed by atoms with Crippen molar-refractivity contribution >= 4 is 35.4 Å². The first-order valence-electron chi connectivity index (χ1n) is 7.92. The van der Waals surface area contributed by atoms with Gasteiger partial charge in [0.05, 0.1) is 8.07 Å². The van der Waals surface area contributed by atoms with Gasteiger partial charge in [-0.25, -0.2) is 0 Å². The minimum atomic E-state index is -0.995. The van der Waals surface area contributed by atoms with Crippen LogP contribution >= 0.6 is 11.3 Å². The molecule has 1 unspecified atom stereocenters.